The van der Waals surface area contributed by atoms with Crippen molar-refractivity contribution < 1.29 is 14.3 Å². The van der Waals surface area contributed by atoms with Gasteiger partial charge in [-0.1, -0.05) is 42.5 Å². The molecule has 0 saturated carbocycles. The summed E-state index contributed by atoms with van der Waals surface area (Å²) >= 11 is 0. The van der Waals surface area contributed by atoms with Gasteiger partial charge < -0.3 is 9.47 Å². The zero-order valence-electron chi connectivity index (χ0n) is 16.2. The first-order valence-electron chi connectivity index (χ1n) is 9.18. The Morgan fingerprint density at radius 3 is 1.97 bits per heavy atom. The summed E-state index contributed by atoms with van der Waals surface area (Å²) in [6.07, 6.45) is 1.79. The van der Waals surface area contributed by atoms with Crippen LogP contribution in [0.15, 0.2) is 89.6 Å². The summed E-state index contributed by atoms with van der Waals surface area (Å²) in [4.78, 5) is 19.6. The lowest BCUT2D eigenvalue weighted by atomic mass is 10.1. The topological polar surface area (TPSA) is 51.1 Å². The predicted octanol–water partition coefficient (Wildman–Crippen LogP) is 4.54. The van der Waals surface area contributed by atoms with E-state index in [2.05, 4.69) is 4.99 Å². The highest BCUT2D eigenvalue weighted by Gasteiger charge is 2.32. The van der Waals surface area contributed by atoms with E-state index in [0.717, 1.165) is 28.3 Å². The number of aliphatic imine (C=N–C) groups is 1. The highest BCUT2D eigenvalue weighted by molar-refractivity contribution is 6.33. The highest BCUT2D eigenvalue weighted by atomic mass is 16.5. The van der Waals surface area contributed by atoms with E-state index >= 15 is 0 Å². The van der Waals surface area contributed by atoms with Crippen LogP contribution < -0.4 is 14.4 Å². The smallest absolute Gasteiger partial charge is 0.282 e. The Kier molecular flexibility index (Phi) is 5.12. The molecular weight excluding hydrogens is 364 g/mol. The molecule has 0 aromatic heterocycles. The lowest BCUT2D eigenvalue weighted by molar-refractivity contribution is -0.113. The predicted molar refractivity (Wildman–Crippen MR) is 114 cm³/mol. The van der Waals surface area contributed by atoms with Crippen LogP contribution >= 0.6 is 0 Å². The standard InChI is InChI=1S/C24H20N2O3/c1-28-20-12-8-17(9-13-20)16-22-24(27)26(19-10-14-21(29-2)15-11-19)23(25-22)18-6-4-3-5-7-18/h3-16H,1-2H3. The molecule has 4 rings (SSSR count). The van der Waals surface area contributed by atoms with Crippen LogP contribution in [0.5, 0.6) is 11.5 Å². The Labute approximate surface area is 169 Å². The number of benzene rings is 3. The summed E-state index contributed by atoms with van der Waals surface area (Å²) in [6.45, 7) is 0. The van der Waals surface area contributed by atoms with Gasteiger partial charge in [0.15, 0.2) is 0 Å². The molecular formula is C24H20N2O3. The summed E-state index contributed by atoms with van der Waals surface area (Å²) in [5.41, 5.74) is 2.86. The summed E-state index contributed by atoms with van der Waals surface area (Å²) in [5, 5.41) is 0. The number of nitrogens with zero attached hydrogens (tertiary/aromatic N) is 2. The van der Waals surface area contributed by atoms with Crippen molar-refractivity contribution in [3.63, 3.8) is 0 Å². The molecule has 0 N–H and O–H groups in total. The third-order valence-corrected chi connectivity index (χ3v) is 4.64. The van der Waals surface area contributed by atoms with Crippen LogP contribution in [-0.4, -0.2) is 26.0 Å². The molecule has 0 radical (unpaired) electrons. The average molecular weight is 384 g/mol. The number of rotatable bonds is 5. The number of hydrogen-bond acceptors (Lipinski definition) is 4. The molecule has 5 nitrogen and oxygen atoms in total. The van der Waals surface area contributed by atoms with Crippen molar-refractivity contribution >= 4 is 23.5 Å². The third kappa shape index (κ3) is 3.75. The molecule has 3 aromatic rings. The van der Waals surface area contributed by atoms with Crippen molar-refractivity contribution in [1.82, 2.24) is 0 Å². The normalized spacial score (nSPS) is 14.8. The lowest BCUT2D eigenvalue weighted by Gasteiger charge is -2.18. The molecule has 1 amide bonds. The second-order valence-electron chi connectivity index (χ2n) is 6.44. The van der Waals surface area contributed by atoms with Crippen LogP contribution in [0.4, 0.5) is 5.69 Å². The summed E-state index contributed by atoms with van der Waals surface area (Å²) in [6, 6.07) is 24.6. The fraction of sp³-hybridized carbons (Fsp3) is 0.0833. The summed E-state index contributed by atoms with van der Waals surface area (Å²) < 4.78 is 10.4. The summed E-state index contributed by atoms with van der Waals surface area (Å²) in [5.74, 6) is 1.91. The first-order chi connectivity index (χ1) is 14.2. The molecule has 0 unspecified atom stereocenters. The SMILES string of the molecule is COc1ccc(C=C2N=C(c3ccccc3)N(c3ccc(OC)cc3)C2=O)cc1. The van der Waals surface area contributed by atoms with E-state index in [4.69, 9.17) is 9.47 Å². The fourth-order valence-electron chi connectivity index (χ4n) is 3.13. The second-order valence-corrected chi connectivity index (χ2v) is 6.44. The molecule has 1 heterocycles. The zero-order valence-corrected chi connectivity index (χ0v) is 16.2. The van der Waals surface area contributed by atoms with E-state index < -0.39 is 0 Å². The van der Waals surface area contributed by atoms with Crippen molar-refractivity contribution in [2.75, 3.05) is 19.1 Å². The fourth-order valence-corrected chi connectivity index (χ4v) is 3.13. The molecule has 0 saturated heterocycles. The van der Waals surface area contributed by atoms with Crippen molar-refractivity contribution in [3.8, 4) is 11.5 Å². The average Bonchev–Trinajstić information content (AvgIpc) is 3.11. The largest absolute Gasteiger partial charge is 0.497 e. The van der Waals surface area contributed by atoms with Gasteiger partial charge in [-0.2, -0.15) is 0 Å². The molecule has 3 aromatic carbocycles. The Hall–Kier alpha value is -3.86. The first kappa shape index (κ1) is 18.5. The van der Waals surface area contributed by atoms with Crippen LogP contribution in [0.3, 0.4) is 0 Å². The molecule has 0 spiro atoms. The van der Waals surface area contributed by atoms with Crippen LogP contribution in [0.1, 0.15) is 11.1 Å². The van der Waals surface area contributed by atoms with E-state index in [1.165, 1.54) is 0 Å². The number of carbonyl (C=O) groups excluding carboxylic acids is 1. The van der Waals surface area contributed by atoms with Gasteiger partial charge in [0.05, 0.1) is 19.9 Å². The maximum Gasteiger partial charge on any atom is 0.282 e. The van der Waals surface area contributed by atoms with E-state index in [1.54, 1.807) is 25.2 Å². The highest BCUT2D eigenvalue weighted by Crippen LogP contribution is 2.29. The molecule has 1 aliphatic rings. The van der Waals surface area contributed by atoms with Gasteiger partial charge in [0, 0.05) is 5.56 Å². The lowest BCUT2D eigenvalue weighted by Crippen LogP contribution is -2.32. The minimum Gasteiger partial charge on any atom is -0.497 e. The quantitative estimate of drug-likeness (QED) is 0.607. The number of methoxy groups -OCH3 is 2. The number of carbonyl (C=O) groups is 1. The maximum absolute atomic E-state index is 13.3. The maximum atomic E-state index is 13.3. The first-order valence-corrected chi connectivity index (χ1v) is 9.18. The molecule has 1 aliphatic heterocycles. The second kappa shape index (κ2) is 8.02. The minimum atomic E-state index is -0.176. The molecule has 5 heteroatoms. The number of hydrogen-bond donors (Lipinski definition) is 0. The van der Waals surface area contributed by atoms with Crippen molar-refractivity contribution in [2.45, 2.75) is 0 Å². The molecule has 0 fully saturated rings. The Morgan fingerprint density at radius 2 is 1.38 bits per heavy atom. The van der Waals surface area contributed by atoms with E-state index in [0.29, 0.717) is 11.5 Å². The Bertz CT molecular complexity index is 1070. The van der Waals surface area contributed by atoms with Crippen molar-refractivity contribution in [2.24, 2.45) is 4.99 Å². The van der Waals surface area contributed by atoms with Crippen LogP contribution in [0, 0.1) is 0 Å². The number of ether oxygens (including phenoxy) is 2. The molecule has 144 valence electrons. The molecule has 29 heavy (non-hydrogen) atoms. The van der Waals surface area contributed by atoms with Crippen molar-refractivity contribution in [3.05, 3.63) is 95.7 Å². The molecule has 0 bridgehead atoms. The van der Waals surface area contributed by atoms with Crippen LogP contribution in [0.25, 0.3) is 6.08 Å². The van der Waals surface area contributed by atoms with Gasteiger partial charge in [-0.25, -0.2) is 4.99 Å². The van der Waals surface area contributed by atoms with Crippen molar-refractivity contribution in [1.29, 1.82) is 0 Å². The Balaban J connectivity index is 1.76. The van der Waals surface area contributed by atoms with Crippen LogP contribution in [-0.2, 0) is 4.79 Å². The van der Waals surface area contributed by atoms with Gasteiger partial charge in [0.2, 0.25) is 0 Å². The molecule has 0 aliphatic carbocycles. The van der Waals surface area contributed by atoms with E-state index in [1.807, 2.05) is 78.9 Å². The monoisotopic (exact) mass is 384 g/mol. The van der Waals surface area contributed by atoms with Gasteiger partial charge in [-0.05, 0) is 48.0 Å². The number of anilines is 1. The van der Waals surface area contributed by atoms with Gasteiger partial charge in [-0.15, -0.1) is 0 Å². The minimum absolute atomic E-state index is 0.176. The number of amidine groups is 1. The van der Waals surface area contributed by atoms with Gasteiger partial charge >= 0.3 is 0 Å². The summed E-state index contributed by atoms with van der Waals surface area (Å²) in [7, 11) is 3.24. The van der Waals surface area contributed by atoms with Crippen LogP contribution in [0.2, 0.25) is 0 Å². The van der Waals surface area contributed by atoms with E-state index in [-0.39, 0.29) is 5.91 Å². The zero-order chi connectivity index (χ0) is 20.2. The van der Waals surface area contributed by atoms with E-state index in [9.17, 15) is 4.79 Å². The van der Waals surface area contributed by atoms with Gasteiger partial charge in [0.25, 0.3) is 5.91 Å². The van der Waals surface area contributed by atoms with Gasteiger partial charge in [-0.3, -0.25) is 9.69 Å². The Morgan fingerprint density at radius 1 is 0.793 bits per heavy atom. The molecule has 0 atom stereocenters. The third-order valence-electron chi connectivity index (χ3n) is 4.64. The number of amides is 1. The van der Waals surface area contributed by atoms with Gasteiger partial charge in [0.1, 0.15) is 23.0 Å².